The standard InChI is InChI=1S/C45H70Br2N2O4/c1-3-5-7-9-11-13-15-17-19-21-23-25-27-29-31-45(32-30-28-26-24-22-20-18-16-14-12-10-8-6-4-2)39-36-41(47)42(48(50)51)35-38(39)44-40(45)33-37(46)34-43(44)49(52)53/h33-36H,3-32H2,1-2H3. The number of hydrogen-bond donors (Lipinski definition) is 0. The molecule has 53 heavy (non-hydrogen) atoms. The molecule has 3 rings (SSSR count). The van der Waals surface area contributed by atoms with E-state index < -0.39 is 10.3 Å². The van der Waals surface area contributed by atoms with E-state index >= 15 is 0 Å². The van der Waals surface area contributed by atoms with Gasteiger partial charge in [-0.15, -0.1) is 0 Å². The molecule has 0 heterocycles. The Morgan fingerprint density at radius 1 is 0.472 bits per heavy atom. The summed E-state index contributed by atoms with van der Waals surface area (Å²) in [5, 5.41) is 24.5. The van der Waals surface area contributed by atoms with Crippen molar-refractivity contribution in [2.45, 2.75) is 212 Å². The Morgan fingerprint density at radius 2 is 0.830 bits per heavy atom. The normalized spacial score (nSPS) is 13.0. The monoisotopic (exact) mass is 860 g/mol. The molecule has 2 aromatic rings. The maximum atomic E-state index is 12.5. The van der Waals surface area contributed by atoms with Crippen LogP contribution < -0.4 is 0 Å². The zero-order valence-corrected chi connectivity index (χ0v) is 36.5. The van der Waals surface area contributed by atoms with Crippen LogP contribution in [0.1, 0.15) is 218 Å². The van der Waals surface area contributed by atoms with Gasteiger partial charge in [-0.05, 0) is 57.6 Å². The number of unbranched alkanes of at least 4 members (excludes halogenated alkanes) is 26. The molecule has 0 spiro atoms. The summed E-state index contributed by atoms with van der Waals surface area (Å²) < 4.78 is 1.14. The number of fused-ring (bicyclic) bond motifs is 3. The third-order valence-corrected chi connectivity index (χ3v) is 12.9. The molecular formula is C45H70Br2N2O4. The maximum absolute atomic E-state index is 12.5. The first-order valence-corrected chi connectivity index (χ1v) is 23.3. The highest BCUT2D eigenvalue weighted by molar-refractivity contribution is 9.10. The van der Waals surface area contributed by atoms with Gasteiger partial charge in [-0.2, -0.15) is 0 Å². The van der Waals surface area contributed by atoms with Crippen LogP contribution in [0.2, 0.25) is 0 Å². The largest absolute Gasteiger partial charge is 0.284 e. The summed E-state index contributed by atoms with van der Waals surface area (Å²) in [6, 6.07) is 7.12. The lowest BCUT2D eigenvalue weighted by Gasteiger charge is -2.33. The smallest absolute Gasteiger partial charge is 0.258 e. The van der Waals surface area contributed by atoms with Gasteiger partial charge in [-0.25, -0.2) is 0 Å². The Bertz CT molecular complexity index is 1350. The van der Waals surface area contributed by atoms with E-state index in [4.69, 9.17) is 0 Å². The van der Waals surface area contributed by atoms with Gasteiger partial charge >= 0.3 is 0 Å². The van der Waals surface area contributed by atoms with Crippen molar-refractivity contribution >= 4 is 43.2 Å². The van der Waals surface area contributed by atoms with Crippen molar-refractivity contribution in [2.24, 2.45) is 0 Å². The van der Waals surface area contributed by atoms with Gasteiger partial charge in [-0.1, -0.05) is 210 Å². The second kappa shape index (κ2) is 26.1. The zero-order valence-electron chi connectivity index (χ0n) is 33.3. The fraction of sp³-hybridized carbons (Fsp3) is 0.733. The molecule has 8 heteroatoms. The van der Waals surface area contributed by atoms with Gasteiger partial charge in [0.05, 0.1) is 19.9 Å². The summed E-state index contributed by atoms with van der Waals surface area (Å²) in [5.41, 5.74) is 2.77. The Kier molecular flexibility index (Phi) is 22.5. The fourth-order valence-electron chi connectivity index (χ4n) is 8.75. The molecule has 0 radical (unpaired) electrons. The molecule has 1 aliphatic rings. The van der Waals surface area contributed by atoms with E-state index in [0.717, 1.165) is 49.7 Å². The Balaban J connectivity index is 1.62. The number of nitrogens with zero attached hydrogens (tertiary/aromatic N) is 2. The van der Waals surface area contributed by atoms with E-state index in [2.05, 4.69) is 51.8 Å². The SMILES string of the molecule is CCCCCCCCCCCCCCCCC1(CCCCCCCCCCCCCCCC)c2cc(Br)c([N+](=O)[O-])cc2-c2c([N+](=O)[O-])cc(Br)cc21. The number of nitro groups is 2. The predicted molar refractivity (Wildman–Crippen MR) is 231 cm³/mol. The van der Waals surface area contributed by atoms with Gasteiger partial charge in [0.2, 0.25) is 0 Å². The molecule has 2 aromatic carbocycles. The van der Waals surface area contributed by atoms with E-state index in [1.807, 2.05) is 6.07 Å². The second-order valence-electron chi connectivity index (χ2n) is 16.0. The fourth-order valence-corrected chi connectivity index (χ4v) is 9.69. The van der Waals surface area contributed by atoms with E-state index in [9.17, 15) is 20.2 Å². The van der Waals surface area contributed by atoms with Crippen LogP contribution >= 0.6 is 31.9 Å². The zero-order chi connectivity index (χ0) is 38.3. The van der Waals surface area contributed by atoms with Crippen LogP contribution in [-0.4, -0.2) is 9.85 Å². The molecule has 0 fully saturated rings. The minimum absolute atomic E-state index is 0.0241. The first-order chi connectivity index (χ1) is 25.8. The van der Waals surface area contributed by atoms with Crippen molar-refractivity contribution in [1.82, 2.24) is 0 Å². The van der Waals surface area contributed by atoms with Gasteiger partial charge in [0, 0.05) is 22.0 Å². The highest BCUT2D eigenvalue weighted by Crippen LogP contribution is 2.59. The van der Waals surface area contributed by atoms with Crippen molar-refractivity contribution in [3.8, 4) is 11.1 Å². The number of halogens is 2. The minimum Gasteiger partial charge on any atom is -0.258 e. The van der Waals surface area contributed by atoms with Crippen molar-refractivity contribution in [2.75, 3.05) is 0 Å². The van der Waals surface area contributed by atoms with E-state index in [1.54, 1.807) is 12.1 Å². The highest BCUT2D eigenvalue weighted by Gasteiger charge is 2.46. The Morgan fingerprint density at radius 3 is 1.19 bits per heavy atom. The van der Waals surface area contributed by atoms with Gasteiger partial charge in [0.25, 0.3) is 11.4 Å². The summed E-state index contributed by atoms with van der Waals surface area (Å²) in [4.78, 5) is 23.8. The van der Waals surface area contributed by atoms with Crippen molar-refractivity contribution in [1.29, 1.82) is 0 Å². The average molecular weight is 863 g/mol. The quantitative estimate of drug-likeness (QED) is 0.0416. The lowest BCUT2D eigenvalue weighted by Crippen LogP contribution is -2.26. The lowest BCUT2D eigenvalue weighted by molar-refractivity contribution is -0.385. The average Bonchev–Trinajstić information content (AvgIpc) is 3.38. The van der Waals surface area contributed by atoms with Crippen LogP contribution in [-0.2, 0) is 5.41 Å². The van der Waals surface area contributed by atoms with Crippen LogP contribution in [0.3, 0.4) is 0 Å². The number of rotatable bonds is 32. The van der Waals surface area contributed by atoms with E-state index in [1.165, 1.54) is 154 Å². The molecule has 0 amide bonds. The summed E-state index contributed by atoms with van der Waals surface area (Å²) in [7, 11) is 0. The van der Waals surface area contributed by atoms with Crippen molar-refractivity contribution < 1.29 is 9.85 Å². The molecule has 0 atom stereocenters. The first-order valence-electron chi connectivity index (χ1n) is 21.7. The van der Waals surface area contributed by atoms with E-state index in [-0.39, 0.29) is 16.3 Å². The first kappa shape index (κ1) is 45.6. The molecule has 0 unspecified atom stereocenters. The third kappa shape index (κ3) is 15.0. The topological polar surface area (TPSA) is 86.3 Å². The lowest BCUT2D eigenvalue weighted by atomic mass is 9.70. The summed E-state index contributed by atoms with van der Waals surface area (Å²) in [6.45, 7) is 4.54. The molecule has 0 aliphatic heterocycles. The molecule has 0 aromatic heterocycles. The number of hydrogen-bond acceptors (Lipinski definition) is 4. The summed E-state index contributed by atoms with van der Waals surface area (Å²) in [5.74, 6) is 0. The van der Waals surface area contributed by atoms with Gasteiger partial charge in [-0.3, -0.25) is 20.2 Å². The van der Waals surface area contributed by atoms with Crippen LogP contribution in [0.15, 0.2) is 33.2 Å². The van der Waals surface area contributed by atoms with Crippen LogP contribution in [0.4, 0.5) is 11.4 Å². The molecular weight excluding hydrogens is 792 g/mol. The maximum Gasteiger partial charge on any atom is 0.284 e. The Labute approximate surface area is 339 Å². The minimum atomic E-state index is -0.412. The third-order valence-electron chi connectivity index (χ3n) is 11.8. The van der Waals surface area contributed by atoms with Crippen LogP contribution in [0.25, 0.3) is 11.1 Å². The molecule has 0 bridgehead atoms. The molecule has 6 nitrogen and oxygen atoms in total. The highest BCUT2D eigenvalue weighted by atomic mass is 79.9. The number of benzene rings is 2. The predicted octanol–water partition coefficient (Wildman–Crippen LogP) is 17.0. The molecule has 298 valence electrons. The van der Waals surface area contributed by atoms with Crippen LogP contribution in [0, 0.1) is 20.2 Å². The molecule has 0 saturated heterocycles. The Hall–Kier alpha value is -1.80. The second-order valence-corrected chi connectivity index (χ2v) is 17.8. The van der Waals surface area contributed by atoms with E-state index in [0.29, 0.717) is 20.1 Å². The van der Waals surface area contributed by atoms with Gasteiger partial charge in [0.1, 0.15) is 0 Å². The van der Waals surface area contributed by atoms with Crippen molar-refractivity contribution in [3.63, 3.8) is 0 Å². The molecule has 0 N–H and O–H groups in total. The number of nitro benzene ring substituents is 2. The van der Waals surface area contributed by atoms with Crippen LogP contribution in [0.5, 0.6) is 0 Å². The van der Waals surface area contributed by atoms with Gasteiger partial charge < -0.3 is 0 Å². The summed E-state index contributed by atoms with van der Waals surface area (Å²) >= 11 is 7.12. The molecule has 0 saturated carbocycles. The van der Waals surface area contributed by atoms with Gasteiger partial charge in [0.15, 0.2) is 0 Å². The summed E-state index contributed by atoms with van der Waals surface area (Å²) in [6.07, 6.45) is 38.1. The van der Waals surface area contributed by atoms with Crippen molar-refractivity contribution in [3.05, 3.63) is 64.6 Å². The molecule has 1 aliphatic carbocycles.